The Labute approximate surface area is 193 Å². The van der Waals surface area contributed by atoms with E-state index in [0.29, 0.717) is 31.2 Å². The van der Waals surface area contributed by atoms with Gasteiger partial charge < -0.3 is 10.5 Å². The Morgan fingerprint density at radius 3 is 2.82 bits per heavy atom. The zero-order valence-corrected chi connectivity index (χ0v) is 19.4. The number of carbonyl (C=O) groups is 1. The SMILES string of the molecule is CC(C)(Cn1cc2c(N)nc3cc(C4=CC=NC4)ccc3c2n1)C(=O)CCC1CCOCC1. The number of nitrogen functional groups attached to an aromatic ring is 1. The quantitative estimate of drug-likeness (QED) is 0.580. The summed E-state index contributed by atoms with van der Waals surface area (Å²) < 4.78 is 7.29. The molecule has 0 saturated carbocycles. The number of anilines is 1. The van der Waals surface area contributed by atoms with Crippen LogP contribution in [-0.2, 0) is 16.1 Å². The van der Waals surface area contributed by atoms with Crippen LogP contribution in [0.2, 0.25) is 0 Å². The molecule has 33 heavy (non-hydrogen) atoms. The van der Waals surface area contributed by atoms with E-state index in [2.05, 4.69) is 28.2 Å². The molecular weight excluding hydrogens is 414 g/mol. The van der Waals surface area contributed by atoms with Crippen LogP contribution in [0, 0.1) is 11.3 Å². The van der Waals surface area contributed by atoms with Crippen molar-refractivity contribution >= 4 is 45.2 Å². The third kappa shape index (κ3) is 4.42. The molecule has 2 aromatic heterocycles. The van der Waals surface area contributed by atoms with E-state index in [1.54, 1.807) is 0 Å². The molecule has 1 aromatic carbocycles. The van der Waals surface area contributed by atoms with Gasteiger partial charge in [-0.2, -0.15) is 5.10 Å². The van der Waals surface area contributed by atoms with Crippen LogP contribution in [0.15, 0.2) is 35.5 Å². The first kappa shape index (κ1) is 21.8. The lowest BCUT2D eigenvalue weighted by molar-refractivity contribution is -0.128. The molecule has 0 bridgehead atoms. The molecule has 172 valence electrons. The molecule has 1 saturated heterocycles. The summed E-state index contributed by atoms with van der Waals surface area (Å²) in [5.41, 5.74) is 9.72. The Kier molecular flexibility index (Phi) is 5.74. The number of hydrogen-bond donors (Lipinski definition) is 1. The molecule has 2 aliphatic heterocycles. The van der Waals surface area contributed by atoms with Gasteiger partial charge in [-0.15, -0.1) is 0 Å². The molecular formula is C26H31N5O2. The van der Waals surface area contributed by atoms with Crippen molar-refractivity contribution in [3.63, 3.8) is 0 Å². The summed E-state index contributed by atoms with van der Waals surface area (Å²) in [5.74, 6) is 1.34. The maximum Gasteiger partial charge on any atom is 0.140 e. The van der Waals surface area contributed by atoms with Crippen LogP contribution < -0.4 is 5.73 Å². The molecule has 1 fully saturated rings. The van der Waals surface area contributed by atoms with Gasteiger partial charge in [-0.1, -0.05) is 19.9 Å². The highest BCUT2D eigenvalue weighted by atomic mass is 16.5. The molecule has 5 rings (SSSR count). The summed E-state index contributed by atoms with van der Waals surface area (Å²) in [7, 11) is 0. The van der Waals surface area contributed by atoms with E-state index in [9.17, 15) is 4.79 Å². The predicted molar refractivity (Wildman–Crippen MR) is 132 cm³/mol. The van der Waals surface area contributed by atoms with Gasteiger partial charge >= 0.3 is 0 Å². The van der Waals surface area contributed by atoms with E-state index >= 15 is 0 Å². The van der Waals surface area contributed by atoms with Gasteiger partial charge in [0.2, 0.25) is 0 Å². The third-order valence-electron chi connectivity index (χ3n) is 6.98. The number of hydrogen-bond acceptors (Lipinski definition) is 6. The summed E-state index contributed by atoms with van der Waals surface area (Å²) in [6, 6.07) is 6.19. The number of Topliss-reactive ketones (excluding diaryl/α,β-unsaturated/α-hetero) is 1. The minimum Gasteiger partial charge on any atom is -0.383 e. The molecule has 0 amide bonds. The number of rotatable bonds is 7. The highest BCUT2D eigenvalue weighted by Gasteiger charge is 2.29. The topological polar surface area (TPSA) is 95.4 Å². The minimum atomic E-state index is -0.507. The first-order chi connectivity index (χ1) is 15.9. The number of aromatic nitrogens is 3. The molecule has 0 atom stereocenters. The number of ether oxygens (including phenoxy) is 1. The first-order valence-electron chi connectivity index (χ1n) is 11.8. The lowest BCUT2D eigenvalue weighted by Crippen LogP contribution is -2.30. The average Bonchev–Trinajstić information content (AvgIpc) is 3.48. The Bertz CT molecular complexity index is 1260. The van der Waals surface area contributed by atoms with Crippen LogP contribution in [0.3, 0.4) is 0 Å². The van der Waals surface area contributed by atoms with Crippen LogP contribution in [-0.4, -0.2) is 46.5 Å². The summed E-state index contributed by atoms with van der Waals surface area (Å²) in [4.78, 5) is 22.0. The standard InChI is InChI=1S/C26H31N5O2/c1-26(2,23(32)6-3-17-8-11-33-12-9-17)16-31-15-21-24(30-31)20-5-4-18(19-7-10-28-14-19)13-22(20)29-25(21)27/h4-5,7,10,13,15,17H,3,6,8-9,11-12,14,16H2,1-2H3,(H2,27,29). The highest BCUT2D eigenvalue weighted by Crippen LogP contribution is 2.31. The maximum atomic E-state index is 13.0. The molecule has 7 heteroatoms. The van der Waals surface area contributed by atoms with Crippen molar-refractivity contribution in [2.75, 3.05) is 25.5 Å². The van der Waals surface area contributed by atoms with Crippen molar-refractivity contribution in [1.82, 2.24) is 14.8 Å². The van der Waals surface area contributed by atoms with Gasteiger partial charge in [0.25, 0.3) is 0 Å². The summed E-state index contributed by atoms with van der Waals surface area (Å²) in [6.45, 7) is 6.86. The number of nitrogens with zero attached hydrogens (tertiary/aromatic N) is 4. The highest BCUT2D eigenvalue weighted by molar-refractivity contribution is 6.08. The molecule has 4 heterocycles. The maximum absolute atomic E-state index is 13.0. The van der Waals surface area contributed by atoms with Gasteiger partial charge in [-0.3, -0.25) is 14.5 Å². The van der Waals surface area contributed by atoms with Gasteiger partial charge in [0.05, 0.1) is 24.0 Å². The number of ketones is 1. The second kappa shape index (κ2) is 8.71. The fraction of sp³-hybridized carbons (Fsp3) is 0.462. The Balaban J connectivity index is 1.37. The fourth-order valence-electron chi connectivity index (χ4n) is 4.84. The molecule has 2 N–H and O–H groups in total. The Morgan fingerprint density at radius 2 is 2.06 bits per heavy atom. The summed E-state index contributed by atoms with van der Waals surface area (Å²) in [6.07, 6.45) is 9.45. The molecule has 0 unspecified atom stereocenters. The van der Waals surface area contributed by atoms with Crippen molar-refractivity contribution in [2.24, 2.45) is 16.3 Å². The number of aliphatic imine (C=N–C) groups is 1. The normalized spacial score (nSPS) is 17.2. The number of pyridine rings is 1. The predicted octanol–water partition coefficient (Wildman–Crippen LogP) is 4.44. The van der Waals surface area contributed by atoms with Gasteiger partial charge in [0.1, 0.15) is 17.1 Å². The summed E-state index contributed by atoms with van der Waals surface area (Å²) in [5, 5.41) is 6.62. The van der Waals surface area contributed by atoms with E-state index in [0.717, 1.165) is 59.8 Å². The van der Waals surface area contributed by atoms with E-state index in [4.69, 9.17) is 15.6 Å². The number of nitrogens with two attached hydrogens (primary N) is 1. The van der Waals surface area contributed by atoms with Crippen LogP contribution in [0.5, 0.6) is 0 Å². The number of allylic oxidation sites excluding steroid dienone is 1. The number of fused-ring (bicyclic) bond motifs is 3. The molecule has 7 nitrogen and oxygen atoms in total. The molecule has 0 spiro atoms. The van der Waals surface area contributed by atoms with Crippen LogP contribution in [0.25, 0.3) is 27.4 Å². The average molecular weight is 446 g/mol. The number of carbonyl (C=O) groups excluding carboxylic acids is 1. The molecule has 3 aromatic rings. The van der Waals surface area contributed by atoms with Crippen molar-refractivity contribution in [1.29, 1.82) is 0 Å². The van der Waals surface area contributed by atoms with Crippen molar-refractivity contribution in [2.45, 2.75) is 46.1 Å². The molecule has 0 radical (unpaired) electrons. The van der Waals surface area contributed by atoms with Crippen LogP contribution in [0.1, 0.15) is 45.1 Å². The zero-order valence-electron chi connectivity index (χ0n) is 19.4. The lowest BCUT2D eigenvalue weighted by Gasteiger charge is -2.26. The van der Waals surface area contributed by atoms with E-state index in [1.807, 2.05) is 37.0 Å². The van der Waals surface area contributed by atoms with Gasteiger partial charge in [0, 0.05) is 42.8 Å². The summed E-state index contributed by atoms with van der Waals surface area (Å²) >= 11 is 0. The second-order valence-corrected chi connectivity index (χ2v) is 9.90. The largest absolute Gasteiger partial charge is 0.383 e. The molecule has 2 aliphatic rings. The van der Waals surface area contributed by atoms with Gasteiger partial charge in [-0.25, -0.2) is 4.98 Å². The zero-order chi connectivity index (χ0) is 23.0. The van der Waals surface area contributed by atoms with E-state index in [-0.39, 0.29) is 5.78 Å². The van der Waals surface area contributed by atoms with Crippen LogP contribution in [0.4, 0.5) is 5.82 Å². The Morgan fingerprint density at radius 1 is 1.24 bits per heavy atom. The first-order valence-corrected chi connectivity index (χ1v) is 11.8. The van der Waals surface area contributed by atoms with Crippen molar-refractivity contribution < 1.29 is 9.53 Å². The number of benzene rings is 1. The monoisotopic (exact) mass is 445 g/mol. The van der Waals surface area contributed by atoms with E-state index in [1.165, 1.54) is 5.57 Å². The fourth-order valence-corrected chi connectivity index (χ4v) is 4.84. The lowest BCUT2D eigenvalue weighted by atomic mass is 9.83. The van der Waals surface area contributed by atoms with Gasteiger partial charge in [-0.05, 0) is 54.5 Å². The minimum absolute atomic E-state index is 0.279. The van der Waals surface area contributed by atoms with E-state index < -0.39 is 5.41 Å². The van der Waals surface area contributed by atoms with Crippen LogP contribution >= 0.6 is 0 Å². The second-order valence-electron chi connectivity index (χ2n) is 9.90. The van der Waals surface area contributed by atoms with Gasteiger partial charge in [0.15, 0.2) is 0 Å². The smallest absolute Gasteiger partial charge is 0.140 e. The van der Waals surface area contributed by atoms with Crippen molar-refractivity contribution in [3.8, 4) is 0 Å². The van der Waals surface area contributed by atoms with Crippen molar-refractivity contribution in [3.05, 3.63) is 36.0 Å². The molecule has 0 aliphatic carbocycles. The Hall–Kier alpha value is -3.06. The third-order valence-corrected chi connectivity index (χ3v) is 6.98.